The van der Waals surface area contributed by atoms with Gasteiger partial charge < -0.3 is 34.6 Å². The lowest BCUT2D eigenvalue weighted by Gasteiger charge is -2.34. The fraction of sp³-hybridized carbons (Fsp3) is 0.385. The van der Waals surface area contributed by atoms with E-state index in [9.17, 15) is 9.18 Å². The van der Waals surface area contributed by atoms with Crippen molar-refractivity contribution in [2.45, 2.75) is 32.0 Å². The van der Waals surface area contributed by atoms with Crippen LogP contribution in [0.1, 0.15) is 29.9 Å². The van der Waals surface area contributed by atoms with Crippen molar-refractivity contribution in [2.24, 2.45) is 0 Å². The summed E-state index contributed by atoms with van der Waals surface area (Å²) in [7, 11) is 1.40. The second-order valence-corrected chi connectivity index (χ2v) is 9.37. The lowest BCUT2D eigenvalue weighted by Crippen LogP contribution is -2.44. The molecule has 0 saturated carbocycles. The molecule has 0 radical (unpaired) electrons. The summed E-state index contributed by atoms with van der Waals surface area (Å²) < 4.78 is 37.5. The number of ether oxygens (including phenoxy) is 4. The fourth-order valence-corrected chi connectivity index (χ4v) is 4.36. The number of carbonyl (C=O) groups is 1. The van der Waals surface area contributed by atoms with E-state index in [-0.39, 0.29) is 30.0 Å². The maximum Gasteiger partial charge on any atom is 0.255 e. The summed E-state index contributed by atoms with van der Waals surface area (Å²) in [6, 6.07) is 6.39. The van der Waals surface area contributed by atoms with Crippen LogP contribution in [-0.4, -0.2) is 61.1 Å². The fourth-order valence-electron chi connectivity index (χ4n) is 4.36. The van der Waals surface area contributed by atoms with Crippen LogP contribution in [0.25, 0.3) is 11.3 Å². The molecular formula is C26H29FN4O5. The van der Waals surface area contributed by atoms with Gasteiger partial charge in [-0.15, -0.1) is 0 Å². The molecule has 3 aromatic rings. The van der Waals surface area contributed by atoms with Crippen LogP contribution in [0.2, 0.25) is 0 Å². The number of halogens is 1. The van der Waals surface area contributed by atoms with E-state index in [0.717, 1.165) is 5.69 Å². The number of aromatic nitrogens is 2. The Labute approximate surface area is 208 Å². The second kappa shape index (κ2) is 9.79. The summed E-state index contributed by atoms with van der Waals surface area (Å²) in [5.74, 6) is -0.162. The number of fused-ring (bicyclic) bond motifs is 1. The second-order valence-electron chi connectivity index (χ2n) is 9.37. The molecule has 1 aromatic carbocycles. The van der Waals surface area contributed by atoms with Crippen molar-refractivity contribution in [1.29, 1.82) is 0 Å². The Morgan fingerprint density at radius 3 is 2.94 bits per heavy atom. The van der Waals surface area contributed by atoms with Crippen LogP contribution in [0, 0.1) is 5.82 Å². The number of para-hydroxylation sites is 1. The van der Waals surface area contributed by atoms with Gasteiger partial charge in [-0.2, -0.15) is 0 Å². The first-order valence-electron chi connectivity index (χ1n) is 11.8. The third kappa shape index (κ3) is 4.74. The van der Waals surface area contributed by atoms with Crippen molar-refractivity contribution in [3.8, 4) is 22.8 Å². The number of H-pyrrole nitrogens is 1. The van der Waals surface area contributed by atoms with Gasteiger partial charge in [0.2, 0.25) is 0 Å². The average Bonchev–Trinajstić information content (AvgIpc) is 3.23. The van der Waals surface area contributed by atoms with Gasteiger partial charge in [-0.3, -0.25) is 9.78 Å². The van der Waals surface area contributed by atoms with E-state index < -0.39 is 5.82 Å². The number of aromatic amines is 1. The van der Waals surface area contributed by atoms with Crippen LogP contribution in [0.3, 0.4) is 0 Å². The van der Waals surface area contributed by atoms with E-state index in [1.54, 1.807) is 30.6 Å². The monoisotopic (exact) mass is 496 g/mol. The molecule has 10 heteroatoms. The summed E-state index contributed by atoms with van der Waals surface area (Å²) in [5, 5.41) is 6.11. The highest BCUT2D eigenvalue weighted by molar-refractivity contribution is 6.06. The van der Waals surface area contributed by atoms with Crippen LogP contribution in [0.4, 0.5) is 15.8 Å². The summed E-state index contributed by atoms with van der Waals surface area (Å²) in [6.07, 6.45) is 3.68. The molecule has 3 N–H and O–H groups in total. The highest BCUT2D eigenvalue weighted by Gasteiger charge is 2.31. The number of methoxy groups -OCH3 is 1. The zero-order valence-corrected chi connectivity index (χ0v) is 20.4. The highest BCUT2D eigenvalue weighted by atomic mass is 19.1. The number of amides is 1. The molecular weight excluding hydrogens is 467 g/mol. The third-order valence-electron chi connectivity index (χ3n) is 6.20. The molecule has 1 fully saturated rings. The van der Waals surface area contributed by atoms with Gasteiger partial charge in [0.25, 0.3) is 5.91 Å². The Bertz CT molecular complexity index is 1270. The predicted octanol–water partition coefficient (Wildman–Crippen LogP) is 3.83. The quantitative estimate of drug-likeness (QED) is 0.457. The summed E-state index contributed by atoms with van der Waals surface area (Å²) >= 11 is 0. The number of anilines is 2. The van der Waals surface area contributed by atoms with Gasteiger partial charge in [-0.25, -0.2) is 4.39 Å². The van der Waals surface area contributed by atoms with Crippen molar-refractivity contribution in [3.63, 3.8) is 0 Å². The number of nitrogens with one attached hydrogen (secondary N) is 3. The summed E-state index contributed by atoms with van der Waals surface area (Å²) in [5.41, 5.74) is 3.15. The Morgan fingerprint density at radius 1 is 1.31 bits per heavy atom. The summed E-state index contributed by atoms with van der Waals surface area (Å²) in [4.78, 5) is 20.5. The third-order valence-corrected chi connectivity index (χ3v) is 6.20. The standard InChI is InChI=1S/C26H29FN4O5/c1-26(2)14-35-15(13-36-26)12-34-20-11-28-9-7-16(20)22-23(21-18(30-22)8-10-29-25(21)32)31-19-6-4-5-17(27)24(19)33-3/h4-7,9,11,15,30-31H,8,10,12-14H2,1-3H3,(H,29,32)/t15-/m0/s1. The minimum atomic E-state index is -0.510. The number of hydrogen-bond acceptors (Lipinski definition) is 7. The van der Waals surface area contributed by atoms with Crippen molar-refractivity contribution in [2.75, 3.05) is 38.8 Å². The van der Waals surface area contributed by atoms with Gasteiger partial charge >= 0.3 is 0 Å². The van der Waals surface area contributed by atoms with E-state index in [4.69, 9.17) is 18.9 Å². The summed E-state index contributed by atoms with van der Waals surface area (Å²) in [6.45, 7) is 5.65. The molecule has 0 aliphatic carbocycles. The molecule has 1 saturated heterocycles. The van der Waals surface area contributed by atoms with Gasteiger partial charge in [-0.1, -0.05) is 6.07 Å². The van der Waals surface area contributed by atoms with E-state index >= 15 is 0 Å². The Hall–Kier alpha value is -3.63. The lowest BCUT2D eigenvalue weighted by atomic mass is 10.0. The first-order valence-corrected chi connectivity index (χ1v) is 11.8. The number of pyridine rings is 1. The molecule has 5 rings (SSSR count). The largest absolute Gasteiger partial charge is 0.492 e. The SMILES string of the molecule is COc1c(F)cccc1Nc1c(-c2ccncc2OC[C@H]2COC(C)(C)CO2)[nH]c2c1C(=O)NCC2. The Morgan fingerprint density at radius 2 is 2.17 bits per heavy atom. The van der Waals surface area contributed by atoms with E-state index in [1.165, 1.54) is 13.2 Å². The van der Waals surface area contributed by atoms with Crippen molar-refractivity contribution >= 4 is 17.3 Å². The van der Waals surface area contributed by atoms with Crippen LogP contribution in [-0.2, 0) is 15.9 Å². The predicted molar refractivity (Wildman–Crippen MR) is 132 cm³/mol. The van der Waals surface area contributed by atoms with Gasteiger partial charge in [0, 0.05) is 30.4 Å². The Kier molecular flexibility index (Phi) is 6.55. The van der Waals surface area contributed by atoms with Gasteiger partial charge in [0.05, 0.1) is 54.8 Å². The highest BCUT2D eigenvalue weighted by Crippen LogP contribution is 2.42. The van der Waals surface area contributed by atoms with E-state index in [0.29, 0.717) is 60.1 Å². The average molecular weight is 497 g/mol. The van der Waals surface area contributed by atoms with Crippen molar-refractivity contribution in [1.82, 2.24) is 15.3 Å². The maximum absolute atomic E-state index is 14.4. The van der Waals surface area contributed by atoms with Gasteiger partial charge in [-0.05, 0) is 32.0 Å². The molecule has 4 heterocycles. The molecule has 0 bridgehead atoms. The zero-order chi connectivity index (χ0) is 25.3. The van der Waals surface area contributed by atoms with E-state index in [1.807, 2.05) is 13.8 Å². The van der Waals surface area contributed by atoms with Crippen molar-refractivity contribution < 1.29 is 28.1 Å². The zero-order valence-electron chi connectivity index (χ0n) is 20.4. The van der Waals surface area contributed by atoms with Crippen LogP contribution in [0.15, 0.2) is 36.7 Å². The smallest absolute Gasteiger partial charge is 0.255 e. The van der Waals surface area contributed by atoms with Gasteiger partial charge in [0.15, 0.2) is 11.6 Å². The molecule has 2 aromatic heterocycles. The number of carbonyl (C=O) groups excluding carboxylic acids is 1. The minimum absolute atomic E-state index is 0.0539. The molecule has 1 amide bonds. The number of nitrogens with zero attached hydrogens (tertiary/aromatic N) is 1. The minimum Gasteiger partial charge on any atom is -0.492 e. The molecule has 1 atom stereocenters. The normalized spacial score (nSPS) is 18.8. The molecule has 0 spiro atoms. The molecule has 2 aliphatic rings. The molecule has 36 heavy (non-hydrogen) atoms. The maximum atomic E-state index is 14.4. The number of benzene rings is 1. The number of rotatable bonds is 7. The van der Waals surface area contributed by atoms with Crippen LogP contribution < -0.4 is 20.1 Å². The Balaban J connectivity index is 1.50. The molecule has 9 nitrogen and oxygen atoms in total. The van der Waals surface area contributed by atoms with E-state index in [2.05, 4.69) is 20.6 Å². The topological polar surface area (TPSA) is 107 Å². The lowest BCUT2D eigenvalue weighted by molar-refractivity contribution is -0.181. The molecule has 2 aliphatic heterocycles. The molecule has 190 valence electrons. The number of hydrogen-bond donors (Lipinski definition) is 3. The van der Waals surface area contributed by atoms with Crippen molar-refractivity contribution in [3.05, 3.63) is 53.7 Å². The van der Waals surface area contributed by atoms with Gasteiger partial charge in [0.1, 0.15) is 18.5 Å². The van der Waals surface area contributed by atoms with Crippen LogP contribution in [0.5, 0.6) is 11.5 Å². The molecule has 0 unspecified atom stereocenters. The first kappa shape index (κ1) is 24.1. The van der Waals surface area contributed by atoms with Crippen LogP contribution >= 0.6 is 0 Å². The first-order chi connectivity index (χ1) is 17.4.